The van der Waals surface area contributed by atoms with Crippen molar-refractivity contribution in [2.45, 2.75) is 12.8 Å². The van der Waals surface area contributed by atoms with E-state index in [4.69, 9.17) is 0 Å². The summed E-state index contributed by atoms with van der Waals surface area (Å²) >= 11 is 3.25. The van der Waals surface area contributed by atoms with Crippen LogP contribution < -0.4 is 5.32 Å². The first kappa shape index (κ1) is 13.0. The third-order valence-electron chi connectivity index (χ3n) is 2.83. The average molecular weight is 312 g/mol. The zero-order chi connectivity index (χ0) is 13.0. The molecule has 2 rings (SSSR count). The van der Waals surface area contributed by atoms with Crippen molar-refractivity contribution in [1.29, 1.82) is 0 Å². The number of amides is 2. The Kier molecular flexibility index (Phi) is 4.30. The first-order valence-corrected chi connectivity index (χ1v) is 6.62. The first-order chi connectivity index (χ1) is 8.66. The fourth-order valence-electron chi connectivity index (χ4n) is 1.87. The summed E-state index contributed by atoms with van der Waals surface area (Å²) in [5.74, 6) is -0.305. The van der Waals surface area contributed by atoms with E-state index in [0.29, 0.717) is 5.56 Å². The number of rotatable bonds is 3. The number of aromatic nitrogens is 1. The minimum Gasteiger partial charge on any atom is -0.343 e. The Morgan fingerprint density at radius 2 is 2.06 bits per heavy atom. The zero-order valence-electron chi connectivity index (χ0n) is 9.86. The molecule has 1 saturated heterocycles. The third kappa shape index (κ3) is 3.29. The van der Waals surface area contributed by atoms with Crippen molar-refractivity contribution in [1.82, 2.24) is 15.2 Å². The first-order valence-electron chi connectivity index (χ1n) is 5.83. The minimum absolute atomic E-state index is 0.0243. The molecular weight excluding hydrogens is 298 g/mol. The summed E-state index contributed by atoms with van der Waals surface area (Å²) in [7, 11) is 0. The van der Waals surface area contributed by atoms with Gasteiger partial charge < -0.3 is 10.2 Å². The number of nitrogens with one attached hydrogen (secondary N) is 1. The van der Waals surface area contributed by atoms with E-state index in [1.54, 1.807) is 17.2 Å². The van der Waals surface area contributed by atoms with Gasteiger partial charge in [0.1, 0.15) is 0 Å². The highest BCUT2D eigenvalue weighted by molar-refractivity contribution is 9.10. The minimum atomic E-state index is -0.281. The van der Waals surface area contributed by atoms with Crippen molar-refractivity contribution >= 4 is 27.7 Å². The van der Waals surface area contributed by atoms with Gasteiger partial charge >= 0.3 is 0 Å². The number of carbonyl (C=O) groups excluding carboxylic acids is 2. The molecule has 96 valence electrons. The monoisotopic (exact) mass is 311 g/mol. The molecule has 0 bridgehead atoms. The predicted molar refractivity (Wildman–Crippen MR) is 70.1 cm³/mol. The lowest BCUT2D eigenvalue weighted by molar-refractivity contribution is -0.129. The van der Waals surface area contributed by atoms with Crippen molar-refractivity contribution in [2.75, 3.05) is 19.6 Å². The van der Waals surface area contributed by atoms with Gasteiger partial charge in [-0.1, -0.05) is 0 Å². The Balaban J connectivity index is 1.86. The van der Waals surface area contributed by atoms with Crippen LogP contribution in [0.4, 0.5) is 0 Å². The van der Waals surface area contributed by atoms with Crippen LogP contribution in [0.5, 0.6) is 0 Å². The lowest BCUT2D eigenvalue weighted by Gasteiger charge is -2.15. The van der Waals surface area contributed by atoms with E-state index in [9.17, 15) is 9.59 Å². The molecule has 2 amide bonds. The maximum Gasteiger partial charge on any atom is 0.253 e. The molecule has 0 atom stereocenters. The molecule has 18 heavy (non-hydrogen) atoms. The van der Waals surface area contributed by atoms with Gasteiger partial charge in [-0.2, -0.15) is 0 Å². The summed E-state index contributed by atoms with van der Waals surface area (Å²) in [6.45, 7) is 1.64. The van der Waals surface area contributed by atoms with Gasteiger partial charge in [0, 0.05) is 30.0 Å². The van der Waals surface area contributed by atoms with Gasteiger partial charge in [-0.3, -0.25) is 14.6 Å². The summed E-state index contributed by atoms with van der Waals surface area (Å²) in [4.78, 5) is 29.2. The van der Waals surface area contributed by atoms with Crippen LogP contribution in [0.1, 0.15) is 23.2 Å². The summed E-state index contributed by atoms with van der Waals surface area (Å²) in [5.41, 5.74) is 0.443. The molecule has 5 nitrogen and oxygen atoms in total. The molecule has 6 heteroatoms. The highest BCUT2D eigenvalue weighted by Gasteiger charge is 2.18. The Hall–Kier alpha value is -1.43. The number of likely N-dealkylation sites (tertiary alicyclic amines) is 1. The van der Waals surface area contributed by atoms with Crippen LogP contribution in [-0.4, -0.2) is 41.3 Å². The molecule has 0 saturated carbocycles. The summed E-state index contributed by atoms with van der Waals surface area (Å²) in [5, 5.41) is 2.61. The third-order valence-corrected chi connectivity index (χ3v) is 3.26. The SMILES string of the molecule is O=C(NCC(=O)N1CCCC1)c1cncc(Br)c1. The van der Waals surface area contributed by atoms with Gasteiger partial charge in [0.15, 0.2) is 0 Å². The molecule has 0 spiro atoms. The van der Waals surface area contributed by atoms with Crippen molar-refractivity contribution in [2.24, 2.45) is 0 Å². The van der Waals surface area contributed by atoms with E-state index in [1.807, 2.05) is 0 Å². The van der Waals surface area contributed by atoms with Crippen LogP contribution in [0.3, 0.4) is 0 Å². The lowest BCUT2D eigenvalue weighted by atomic mass is 10.3. The van der Waals surface area contributed by atoms with Crippen LogP contribution in [-0.2, 0) is 4.79 Å². The van der Waals surface area contributed by atoms with Gasteiger partial charge in [0.2, 0.25) is 5.91 Å². The number of carbonyl (C=O) groups is 2. The van der Waals surface area contributed by atoms with Crippen LogP contribution in [0, 0.1) is 0 Å². The fraction of sp³-hybridized carbons (Fsp3) is 0.417. The maximum atomic E-state index is 11.8. The zero-order valence-corrected chi connectivity index (χ0v) is 11.4. The van der Waals surface area contributed by atoms with Crippen molar-refractivity contribution < 1.29 is 9.59 Å². The average Bonchev–Trinajstić information content (AvgIpc) is 2.89. The Morgan fingerprint density at radius 3 is 2.72 bits per heavy atom. The number of hydrogen-bond donors (Lipinski definition) is 1. The standard InChI is InChI=1S/C12H14BrN3O2/c13-10-5-9(6-14-7-10)12(18)15-8-11(17)16-3-1-2-4-16/h5-7H,1-4,8H2,(H,15,18). The molecule has 1 fully saturated rings. The van der Waals surface area contributed by atoms with E-state index >= 15 is 0 Å². The maximum absolute atomic E-state index is 11.8. The number of hydrogen-bond acceptors (Lipinski definition) is 3. The quantitative estimate of drug-likeness (QED) is 0.912. The van der Waals surface area contributed by atoms with E-state index in [2.05, 4.69) is 26.2 Å². The molecular formula is C12H14BrN3O2. The molecule has 1 aliphatic heterocycles. The number of nitrogens with zero attached hydrogens (tertiary/aromatic N) is 2. The molecule has 1 aliphatic rings. The van der Waals surface area contributed by atoms with Gasteiger partial charge in [-0.05, 0) is 34.8 Å². The Labute approximate surface area is 114 Å². The summed E-state index contributed by atoms with van der Waals surface area (Å²) in [6.07, 6.45) is 5.18. The van der Waals surface area contributed by atoms with Gasteiger partial charge in [-0.15, -0.1) is 0 Å². The van der Waals surface area contributed by atoms with E-state index < -0.39 is 0 Å². The Morgan fingerprint density at radius 1 is 1.33 bits per heavy atom. The Bertz CT molecular complexity index is 458. The molecule has 0 aliphatic carbocycles. The molecule has 1 aromatic rings. The lowest BCUT2D eigenvalue weighted by Crippen LogP contribution is -2.38. The normalized spacial score (nSPS) is 14.6. The summed E-state index contributed by atoms with van der Waals surface area (Å²) < 4.78 is 0.737. The fourth-order valence-corrected chi connectivity index (χ4v) is 2.24. The molecule has 0 radical (unpaired) electrons. The number of pyridine rings is 1. The summed E-state index contributed by atoms with van der Waals surface area (Å²) in [6, 6.07) is 1.67. The molecule has 1 N–H and O–H groups in total. The van der Waals surface area contributed by atoms with Gasteiger partial charge in [0.05, 0.1) is 12.1 Å². The van der Waals surface area contributed by atoms with Crippen LogP contribution in [0.15, 0.2) is 22.9 Å². The van der Waals surface area contributed by atoms with Crippen LogP contribution in [0.2, 0.25) is 0 Å². The van der Waals surface area contributed by atoms with Gasteiger partial charge in [0.25, 0.3) is 5.91 Å². The van der Waals surface area contributed by atoms with E-state index in [1.165, 1.54) is 6.20 Å². The van der Waals surface area contributed by atoms with Crippen molar-refractivity contribution in [3.05, 3.63) is 28.5 Å². The number of halogens is 1. The molecule has 2 heterocycles. The second-order valence-corrected chi connectivity index (χ2v) is 5.08. The molecule has 0 aromatic carbocycles. The highest BCUT2D eigenvalue weighted by atomic mass is 79.9. The predicted octanol–water partition coefficient (Wildman–Crippen LogP) is 1.20. The smallest absolute Gasteiger partial charge is 0.253 e. The molecule has 1 aromatic heterocycles. The van der Waals surface area contributed by atoms with Crippen LogP contribution in [0.25, 0.3) is 0 Å². The topological polar surface area (TPSA) is 62.3 Å². The second kappa shape index (κ2) is 5.95. The van der Waals surface area contributed by atoms with Crippen molar-refractivity contribution in [3.63, 3.8) is 0 Å². The van der Waals surface area contributed by atoms with Crippen LogP contribution >= 0.6 is 15.9 Å². The largest absolute Gasteiger partial charge is 0.343 e. The molecule has 0 unspecified atom stereocenters. The van der Waals surface area contributed by atoms with Gasteiger partial charge in [-0.25, -0.2) is 0 Å². The van der Waals surface area contributed by atoms with Crippen molar-refractivity contribution in [3.8, 4) is 0 Å². The van der Waals surface area contributed by atoms with E-state index in [-0.39, 0.29) is 18.4 Å². The second-order valence-electron chi connectivity index (χ2n) is 4.16. The van der Waals surface area contributed by atoms with E-state index in [0.717, 1.165) is 30.4 Å². The highest BCUT2D eigenvalue weighted by Crippen LogP contribution is 2.09.